The lowest BCUT2D eigenvalue weighted by atomic mass is 10.0. The third-order valence-electron chi connectivity index (χ3n) is 5.13. The van der Waals surface area contributed by atoms with Crippen molar-refractivity contribution in [1.29, 1.82) is 0 Å². The number of hydrogen-bond acceptors (Lipinski definition) is 5. The molecule has 1 saturated heterocycles. The molecule has 0 bridgehead atoms. The van der Waals surface area contributed by atoms with E-state index >= 15 is 0 Å². The highest BCUT2D eigenvalue weighted by Crippen LogP contribution is 2.33. The Hall–Kier alpha value is -2.96. The minimum atomic E-state index is -0.301. The molecule has 1 aliphatic carbocycles. The summed E-state index contributed by atoms with van der Waals surface area (Å²) in [5, 5.41) is 5.52. The number of H-pyrrole nitrogens is 2. The standard InChI is InChI=1S/C18H17N5O2/c24-16-11-6-5-10(9-13(11)17(25)22-21-16)15-12-3-1-4-14(12)19-18(20-15)23-7-2-8-23/h5-6,9H,1-4,7-8H2,(H,21,24)(H,22,25). The van der Waals surface area contributed by atoms with Crippen LogP contribution in [0.1, 0.15) is 24.1 Å². The zero-order valence-corrected chi connectivity index (χ0v) is 13.6. The molecule has 7 nitrogen and oxygen atoms in total. The van der Waals surface area contributed by atoms with Gasteiger partial charge in [0.1, 0.15) is 0 Å². The Morgan fingerprint density at radius 3 is 2.48 bits per heavy atom. The first-order valence-corrected chi connectivity index (χ1v) is 8.60. The predicted octanol–water partition coefficient (Wildman–Crippen LogP) is 1.37. The molecule has 0 atom stereocenters. The summed E-state index contributed by atoms with van der Waals surface area (Å²) < 4.78 is 0. The summed E-state index contributed by atoms with van der Waals surface area (Å²) >= 11 is 0. The number of aromatic nitrogens is 4. The van der Waals surface area contributed by atoms with Gasteiger partial charge in [-0.15, -0.1) is 0 Å². The molecular formula is C18H17N5O2. The van der Waals surface area contributed by atoms with Gasteiger partial charge in [0.15, 0.2) is 0 Å². The van der Waals surface area contributed by atoms with E-state index in [1.165, 1.54) is 12.0 Å². The summed E-state index contributed by atoms with van der Waals surface area (Å²) in [6.45, 7) is 1.98. The fourth-order valence-corrected chi connectivity index (χ4v) is 3.64. The number of aromatic amines is 2. The van der Waals surface area contributed by atoms with Crippen molar-refractivity contribution in [3.05, 3.63) is 50.2 Å². The summed E-state index contributed by atoms with van der Waals surface area (Å²) in [7, 11) is 0. The third kappa shape index (κ3) is 2.19. The topological polar surface area (TPSA) is 94.7 Å². The molecule has 3 aromatic rings. The zero-order chi connectivity index (χ0) is 17.0. The lowest BCUT2D eigenvalue weighted by molar-refractivity contribution is 0.599. The van der Waals surface area contributed by atoms with Crippen molar-refractivity contribution in [2.75, 3.05) is 18.0 Å². The van der Waals surface area contributed by atoms with Crippen LogP contribution in [0.3, 0.4) is 0 Å². The molecule has 2 aliphatic rings. The molecule has 0 spiro atoms. The van der Waals surface area contributed by atoms with E-state index in [1.807, 2.05) is 6.07 Å². The van der Waals surface area contributed by atoms with Crippen molar-refractivity contribution >= 4 is 16.7 Å². The van der Waals surface area contributed by atoms with Crippen LogP contribution in [-0.2, 0) is 12.8 Å². The quantitative estimate of drug-likeness (QED) is 0.738. The molecule has 2 N–H and O–H groups in total. The highest BCUT2D eigenvalue weighted by Gasteiger charge is 2.24. The molecule has 0 saturated carbocycles. The maximum Gasteiger partial charge on any atom is 0.270 e. The second-order valence-electron chi connectivity index (χ2n) is 6.66. The molecular weight excluding hydrogens is 318 g/mol. The van der Waals surface area contributed by atoms with Crippen molar-refractivity contribution in [3.8, 4) is 11.3 Å². The molecule has 1 aliphatic heterocycles. The second kappa shape index (κ2) is 5.27. The van der Waals surface area contributed by atoms with E-state index in [-0.39, 0.29) is 11.1 Å². The fraction of sp³-hybridized carbons (Fsp3) is 0.333. The molecule has 3 heterocycles. The van der Waals surface area contributed by atoms with Gasteiger partial charge in [0, 0.05) is 29.9 Å². The number of hydrogen-bond donors (Lipinski definition) is 2. The van der Waals surface area contributed by atoms with E-state index in [4.69, 9.17) is 9.97 Å². The molecule has 1 aromatic carbocycles. The van der Waals surface area contributed by atoms with Crippen LogP contribution in [0.5, 0.6) is 0 Å². The van der Waals surface area contributed by atoms with E-state index in [1.54, 1.807) is 12.1 Å². The van der Waals surface area contributed by atoms with Crippen LogP contribution in [0.2, 0.25) is 0 Å². The molecule has 25 heavy (non-hydrogen) atoms. The van der Waals surface area contributed by atoms with Gasteiger partial charge in [-0.25, -0.2) is 9.97 Å². The van der Waals surface area contributed by atoms with Gasteiger partial charge in [-0.2, -0.15) is 0 Å². The molecule has 126 valence electrons. The van der Waals surface area contributed by atoms with Crippen molar-refractivity contribution in [2.24, 2.45) is 0 Å². The first-order valence-electron chi connectivity index (χ1n) is 8.60. The Morgan fingerprint density at radius 2 is 1.72 bits per heavy atom. The van der Waals surface area contributed by atoms with Gasteiger partial charge in [-0.05, 0) is 37.8 Å². The fourth-order valence-electron chi connectivity index (χ4n) is 3.64. The Morgan fingerprint density at radius 1 is 0.920 bits per heavy atom. The third-order valence-corrected chi connectivity index (χ3v) is 5.13. The Labute approximate surface area is 142 Å². The predicted molar refractivity (Wildman–Crippen MR) is 95.1 cm³/mol. The molecule has 7 heteroatoms. The van der Waals surface area contributed by atoms with Crippen molar-refractivity contribution in [3.63, 3.8) is 0 Å². The van der Waals surface area contributed by atoms with Gasteiger partial charge in [0.25, 0.3) is 11.1 Å². The minimum Gasteiger partial charge on any atom is -0.341 e. The molecule has 2 aromatic heterocycles. The summed E-state index contributed by atoms with van der Waals surface area (Å²) in [5.41, 5.74) is 3.45. The van der Waals surface area contributed by atoms with Crippen LogP contribution < -0.4 is 16.0 Å². The maximum absolute atomic E-state index is 12.1. The maximum atomic E-state index is 12.1. The smallest absolute Gasteiger partial charge is 0.270 e. The van der Waals surface area contributed by atoms with Crippen LogP contribution in [0.25, 0.3) is 22.0 Å². The molecule has 0 radical (unpaired) electrons. The first kappa shape index (κ1) is 14.4. The number of fused-ring (bicyclic) bond motifs is 2. The highest BCUT2D eigenvalue weighted by molar-refractivity contribution is 5.86. The number of benzene rings is 1. The average molecular weight is 335 g/mol. The molecule has 0 unspecified atom stereocenters. The minimum absolute atomic E-state index is 0.296. The largest absolute Gasteiger partial charge is 0.341 e. The van der Waals surface area contributed by atoms with Gasteiger partial charge in [0.05, 0.1) is 16.5 Å². The highest BCUT2D eigenvalue weighted by atomic mass is 16.1. The summed E-state index contributed by atoms with van der Waals surface area (Å²) in [6.07, 6.45) is 4.17. The van der Waals surface area contributed by atoms with E-state index in [9.17, 15) is 9.59 Å². The van der Waals surface area contributed by atoms with Crippen LogP contribution in [0.4, 0.5) is 5.95 Å². The number of nitrogens with zero attached hydrogens (tertiary/aromatic N) is 3. The Bertz CT molecular complexity index is 1110. The Balaban J connectivity index is 1.74. The van der Waals surface area contributed by atoms with Crippen LogP contribution in [-0.4, -0.2) is 33.3 Å². The number of nitrogens with one attached hydrogen (secondary N) is 2. The van der Waals surface area contributed by atoms with Crippen LogP contribution in [0.15, 0.2) is 27.8 Å². The van der Waals surface area contributed by atoms with Gasteiger partial charge in [-0.1, -0.05) is 6.07 Å². The lowest BCUT2D eigenvalue weighted by Gasteiger charge is -2.31. The van der Waals surface area contributed by atoms with Crippen LogP contribution >= 0.6 is 0 Å². The van der Waals surface area contributed by atoms with Crippen molar-refractivity contribution in [1.82, 2.24) is 20.2 Å². The second-order valence-corrected chi connectivity index (χ2v) is 6.66. The SMILES string of the molecule is O=c1[nH][nH]c(=O)c2cc(-c3nc(N4CCC4)nc4c3CCC4)ccc12. The zero-order valence-electron chi connectivity index (χ0n) is 13.6. The number of aryl methyl sites for hydroxylation is 1. The molecule has 1 fully saturated rings. The van der Waals surface area contributed by atoms with Gasteiger partial charge in [0.2, 0.25) is 5.95 Å². The normalized spacial score (nSPS) is 16.1. The monoisotopic (exact) mass is 335 g/mol. The lowest BCUT2D eigenvalue weighted by Crippen LogP contribution is -2.38. The van der Waals surface area contributed by atoms with Gasteiger partial charge in [-0.3, -0.25) is 19.8 Å². The Kier molecular flexibility index (Phi) is 3.03. The summed E-state index contributed by atoms with van der Waals surface area (Å²) in [6, 6.07) is 5.34. The van der Waals surface area contributed by atoms with E-state index in [0.29, 0.717) is 10.8 Å². The van der Waals surface area contributed by atoms with Crippen molar-refractivity contribution < 1.29 is 0 Å². The van der Waals surface area contributed by atoms with E-state index < -0.39 is 0 Å². The van der Waals surface area contributed by atoms with Crippen molar-refractivity contribution in [2.45, 2.75) is 25.7 Å². The average Bonchev–Trinajstić information content (AvgIpc) is 3.04. The summed E-state index contributed by atoms with van der Waals surface area (Å²) in [5.74, 6) is 0.779. The first-order chi connectivity index (χ1) is 12.2. The van der Waals surface area contributed by atoms with Crippen LogP contribution in [0, 0.1) is 0 Å². The van der Waals surface area contributed by atoms with E-state index in [2.05, 4.69) is 15.1 Å². The molecule has 0 amide bonds. The summed E-state index contributed by atoms with van der Waals surface area (Å²) in [4.78, 5) is 35.8. The van der Waals surface area contributed by atoms with E-state index in [0.717, 1.165) is 55.3 Å². The van der Waals surface area contributed by atoms with Gasteiger partial charge >= 0.3 is 0 Å². The molecule has 5 rings (SSSR count). The number of rotatable bonds is 2. The number of anilines is 1. The van der Waals surface area contributed by atoms with Gasteiger partial charge < -0.3 is 4.90 Å².